The SMILES string of the molecule is CC(C)(C)C1=C/C(=C\C=C2/C=C(C(C)(C)C)C(=O)C3=C2CCCC3)C2=C(CCCC2)C1=O.CC(C)(C)C1=CC(=C/C=C2\C=C(C(C)(C)C)C(=O)c3ccccc32)C=C(C(C)(C)C)C1=O.CC1=CC(=NN=C2C=C(C(C)(C)C)C(=O)C(C(C)(C)C)=C2)C=C(C)C1=O.CC1=CC(=Nc2ccc(Cl)cc2)C=C(C)C1=O.[HH].[HH]. The van der Waals surface area contributed by atoms with Crippen molar-refractivity contribution in [3.05, 3.63) is 256 Å². The van der Waals surface area contributed by atoms with Crippen molar-refractivity contribution in [3.8, 4) is 0 Å². The van der Waals surface area contributed by atoms with Crippen molar-refractivity contribution >= 4 is 80.5 Å². The van der Waals surface area contributed by atoms with Crippen LogP contribution in [0, 0.1) is 37.9 Å². The zero-order valence-electron chi connectivity index (χ0n) is 68.5. The number of rotatable bonds is 4. The summed E-state index contributed by atoms with van der Waals surface area (Å²) in [7, 11) is 0. The third-order valence-electron chi connectivity index (χ3n) is 20.3. The molecule has 9 aliphatic rings. The smallest absolute Gasteiger partial charge is 0.190 e. The van der Waals surface area contributed by atoms with Crippen LogP contribution in [0.1, 0.15) is 243 Å². The number of halogens is 1. The quantitative estimate of drug-likeness (QED) is 0.218. The van der Waals surface area contributed by atoms with Crippen LogP contribution in [0.2, 0.25) is 5.02 Å². The van der Waals surface area contributed by atoms with Gasteiger partial charge in [0.05, 0.1) is 22.8 Å². The summed E-state index contributed by atoms with van der Waals surface area (Å²) in [5.74, 6) is 0.945. The van der Waals surface area contributed by atoms with Crippen LogP contribution in [0.3, 0.4) is 0 Å². The van der Waals surface area contributed by atoms with Crippen LogP contribution in [0.15, 0.2) is 255 Å². The molecular formula is C96H118ClN3O7. The summed E-state index contributed by atoms with van der Waals surface area (Å²) >= 11 is 5.80. The van der Waals surface area contributed by atoms with E-state index in [0.29, 0.717) is 27.6 Å². The van der Waals surface area contributed by atoms with Gasteiger partial charge in [-0.2, -0.15) is 10.2 Å². The summed E-state index contributed by atoms with van der Waals surface area (Å²) in [6, 6.07) is 15.1. The molecule has 9 aliphatic carbocycles. The Morgan fingerprint density at radius 2 is 0.607 bits per heavy atom. The molecule has 0 heterocycles. The Bertz CT molecular complexity index is 4570. The van der Waals surface area contributed by atoms with Crippen LogP contribution in [-0.2, 0) is 28.8 Å². The molecule has 0 saturated heterocycles. The summed E-state index contributed by atoms with van der Waals surface area (Å²) in [6.45, 7) is 50.8. The number of aliphatic imine (C=N–C) groups is 1. The second-order valence-corrected chi connectivity index (χ2v) is 37.2. The number of ketones is 7. The minimum absolute atomic E-state index is 0. The van der Waals surface area contributed by atoms with E-state index in [1.54, 1.807) is 64.1 Å². The number of carbonyl (C=O) groups is 7. The minimum Gasteiger partial charge on any atom is -0.289 e. The Balaban J connectivity index is 0.000000231. The van der Waals surface area contributed by atoms with E-state index in [9.17, 15) is 33.6 Å². The largest absolute Gasteiger partial charge is 0.289 e. The van der Waals surface area contributed by atoms with Crippen molar-refractivity contribution in [1.29, 1.82) is 0 Å². The van der Waals surface area contributed by atoms with E-state index in [1.165, 1.54) is 22.3 Å². The highest BCUT2D eigenvalue weighted by atomic mass is 35.5. The molecule has 0 aliphatic heterocycles. The maximum absolute atomic E-state index is 13.2. The lowest BCUT2D eigenvalue weighted by Crippen LogP contribution is -2.29. The number of fused-ring (bicyclic) bond motifs is 1. The molecule has 0 unspecified atom stereocenters. The normalized spacial score (nSPS) is 20.2. The third kappa shape index (κ3) is 20.4. The van der Waals surface area contributed by atoms with Gasteiger partial charge in [-0.1, -0.05) is 206 Å². The van der Waals surface area contributed by atoms with Crippen molar-refractivity contribution in [2.45, 2.75) is 224 Å². The summed E-state index contributed by atoms with van der Waals surface area (Å²) in [4.78, 5) is 93.5. The highest BCUT2D eigenvalue weighted by molar-refractivity contribution is 6.30. The summed E-state index contributed by atoms with van der Waals surface area (Å²) in [5.41, 5.74) is 20.5. The Labute approximate surface area is 646 Å². The van der Waals surface area contributed by atoms with Crippen LogP contribution in [-0.4, -0.2) is 57.6 Å². The van der Waals surface area contributed by atoms with Gasteiger partial charge in [-0.05, 0) is 269 Å². The summed E-state index contributed by atoms with van der Waals surface area (Å²) < 4.78 is 0. The van der Waals surface area contributed by atoms with E-state index >= 15 is 0 Å². The highest BCUT2D eigenvalue weighted by Gasteiger charge is 2.39. The first-order chi connectivity index (χ1) is 49.4. The van der Waals surface area contributed by atoms with Crippen molar-refractivity contribution in [2.24, 2.45) is 53.1 Å². The fourth-order valence-electron chi connectivity index (χ4n) is 14.1. The highest BCUT2D eigenvalue weighted by Crippen LogP contribution is 2.46. The number of carbonyl (C=O) groups excluding carboxylic acids is 7. The molecule has 0 radical (unpaired) electrons. The number of hydrogen-bond donors (Lipinski definition) is 0. The summed E-state index contributed by atoms with van der Waals surface area (Å²) in [5, 5.41) is 9.35. The second-order valence-electron chi connectivity index (χ2n) is 36.7. The van der Waals surface area contributed by atoms with Crippen LogP contribution >= 0.6 is 11.6 Å². The molecule has 0 atom stereocenters. The average Bonchev–Trinajstić information content (AvgIpc) is 0.771. The predicted molar refractivity (Wildman–Crippen MR) is 449 cm³/mol. The second kappa shape index (κ2) is 32.4. The molecule has 2 aromatic carbocycles. The van der Waals surface area contributed by atoms with Gasteiger partial charge in [0.1, 0.15) is 0 Å². The van der Waals surface area contributed by atoms with Gasteiger partial charge < -0.3 is 0 Å². The van der Waals surface area contributed by atoms with Gasteiger partial charge in [-0.15, -0.1) is 0 Å². The van der Waals surface area contributed by atoms with E-state index < -0.39 is 0 Å². The fourth-order valence-corrected chi connectivity index (χ4v) is 14.3. The molecular weight excluding hydrogens is 1340 g/mol. The lowest BCUT2D eigenvalue weighted by atomic mass is 9.71. The summed E-state index contributed by atoms with van der Waals surface area (Å²) in [6.07, 6.45) is 37.9. The zero-order valence-corrected chi connectivity index (χ0v) is 69.3. The van der Waals surface area contributed by atoms with Gasteiger partial charge in [0.25, 0.3) is 0 Å². The molecule has 0 N–H and O–H groups in total. The molecule has 0 bridgehead atoms. The maximum atomic E-state index is 13.2. The van der Waals surface area contributed by atoms with Gasteiger partial charge in [0.15, 0.2) is 40.5 Å². The number of nitrogens with zero attached hydrogens (tertiary/aromatic N) is 3. The molecule has 10 nitrogen and oxygen atoms in total. The van der Waals surface area contributed by atoms with Crippen molar-refractivity contribution in [1.82, 2.24) is 0 Å². The van der Waals surface area contributed by atoms with E-state index in [0.717, 1.165) is 146 Å². The first-order valence-electron chi connectivity index (χ1n) is 37.9. The minimum atomic E-state index is -0.278. The molecule has 566 valence electrons. The Morgan fingerprint density at radius 1 is 0.308 bits per heavy atom. The van der Waals surface area contributed by atoms with Crippen molar-refractivity contribution < 1.29 is 36.4 Å². The molecule has 0 fully saturated rings. The average molecular weight is 1460 g/mol. The molecule has 0 saturated carbocycles. The van der Waals surface area contributed by atoms with Gasteiger partial charge in [-0.3, -0.25) is 33.6 Å². The monoisotopic (exact) mass is 1460 g/mol. The predicted octanol–water partition coefficient (Wildman–Crippen LogP) is 24.5. The van der Waals surface area contributed by atoms with E-state index in [2.05, 4.69) is 156 Å². The first kappa shape index (κ1) is 83.6. The topological polar surface area (TPSA) is 157 Å². The van der Waals surface area contributed by atoms with E-state index in [-0.39, 0.29) is 81.2 Å². The van der Waals surface area contributed by atoms with E-state index in [1.807, 2.05) is 108 Å². The first-order valence-corrected chi connectivity index (χ1v) is 38.3. The fraction of sp³-hybridized carbons (Fsp3) is 0.417. The zero-order chi connectivity index (χ0) is 79.6. The van der Waals surface area contributed by atoms with Crippen LogP contribution in [0.4, 0.5) is 5.69 Å². The molecule has 0 spiro atoms. The third-order valence-corrected chi connectivity index (χ3v) is 20.5. The van der Waals surface area contributed by atoms with Gasteiger partial charge in [0, 0.05) is 63.6 Å². The van der Waals surface area contributed by atoms with Crippen LogP contribution in [0.25, 0.3) is 5.57 Å². The molecule has 11 heteroatoms. The van der Waals surface area contributed by atoms with Gasteiger partial charge in [0.2, 0.25) is 0 Å². The molecule has 107 heavy (non-hydrogen) atoms. The number of benzene rings is 2. The van der Waals surface area contributed by atoms with Gasteiger partial charge >= 0.3 is 0 Å². The number of allylic oxidation sites excluding steroid dienone is 34. The molecule has 0 amide bonds. The Morgan fingerprint density at radius 3 is 0.981 bits per heavy atom. The lowest BCUT2D eigenvalue weighted by Gasteiger charge is -2.32. The standard InChI is InChI=1S/C30H38O2.C30H36O2.C22H28N2O2.C14H12ClNO.2H2/c1-29(2,3)25-17-19(21-11-7-9-13-23(21)27(25)31)15-16-20-18-26(30(4,5)6)28(32)24-14-10-8-12-22(20)24;1-28(2,3)23-16-19(17-24(27(23)32)29(4,5)6)14-15-20-18-25(30(7,8)9)26(31)22-13-11-10-12-21(20)22;1-13-9-15(10-14(2)19(13)25)23-24-16-11-17(21(3,4)5)20(26)18(12-16)22(6,7)8;1-9-7-13(8-10(2)14(9)17)16-12-5-3-11(15)4-6-12;;/h15-18H,7-14H2,1-6H3;10-18H,1-9H3;9-12H,1-8H3;3-8H,1-2H3;2*1H/b19-15+,20-16+;20-15+;;;;. The van der Waals surface area contributed by atoms with Crippen LogP contribution in [0.5, 0.6) is 0 Å². The van der Waals surface area contributed by atoms with Crippen LogP contribution < -0.4 is 0 Å². The van der Waals surface area contributed by atoms with E-state index in [4.69, 9.17) is 11.6 Å². The Hall–Kier alpha value is -8.99. The molecule has 11 rings (SSSR count). The van der Waals surface area contributed by atoms with Gasteiger partial charge in [-0.25, -0.2) is 4.99 Å². The van der Waals surface area contributed by atoms with Crippen molar-refractivity contribution in [2.75, 3.05) is 0 Å². The molecule has 0 aromatic heterocycles. The lowest BCUT2D eigenvalue weighted by molar-refractivity contribution is -0.114. The van der Waals surface area contributed by atoms with Crippen molar-refractivity contribution in [3.63, 3.8) is 0 Å². The number of Topliss-reactive ketones (excluding diaryl/α,β-unsaturated/α-hetero) is 7. The Kier molecular flexibility index (Phi) is 25.4. The molecule has 2 aromatic rings. The maximum Gasteiger partial charge on any atom is 0.190 e. The number of hydrogen-bond acceptors (Lipinski definition) is 10.